The molecule has 4 heteroatoms. The van der Waals surface area contributed by atoms with Gasteiger partial charge in [0.05, 0.1) is 17.1 Å². The minimum atomic E-state index is -1.67. The summed E-state index contributed by atoms with van der Waals surface area (Å²) in [6.07, 6.45) is 7.30. The zero-order valence-corrected chi connectivity index (χ0v) is 16.2. The van der Waals surface area contributed by atoms with Gasteiger partial charge in [0.15, 0.2) is 5.82 Å². The van der Waals surface area contributed by atoms with E-state index in [4.69, 9.17) is 4.99 Å². The number of allylic oxidation sites excluding steroid dienone is 4. The number of hydrogen-bond acceptors (Lipinski definition) is 2. The topological polar surface area (TPSA) is 40.2 Å². The molecule has 1 aliphatic carbocycles. The molecular weight excluding hydrogens is 298 g/mol. The van der Waals surface area contributed by atoms with Gasteiger partial charge in [-0.25, -0.2) is 4.99 Å². The van der Waals surface area contributed by atoms with Gasteiger partial charge in [-0.15, -0.1) is 0 Å². The van der Waals surface area contributed by atoms with Crippen LogP contribution >= 0.6 is 0 Å². The third kappa shape index (κ3) is 2.44. The fraction of sp³-hybridized carbons (Fsp3) is 0.526. The number of aliphatic imine (C=N–C) groups is 1. The van der Waals surface area contributed by atoms with E-state index in [1.807, 2.05) is 0 Å². The molecule has 1 aliphatic heterocycles. The molecule has 1 aromatic heterocycles. The highest BCUT2D eigenvalue weighted by molar-refractivity contribution is 6.94. The molecule has 0 spiro atoms. The molecule has 0 fully saturated rings. The van der Waals surface area contributed by atoms with Gasteiger partial charge in [0, 0.05) is 11.7 Å². The molecule has 3 nitrogen and oxygen atoms in total. The van der Waals surface area contributed by atoms with Gasteiger partial charge in [0.2, 0.25) is 0 Å². The van der Waals surface area contributed by atoms with Gasteiger partial charge >= 0.3 is 0 Å². The zero-order chi connectivity index (χ0) is 16.8. The molecule has 2 N–H and O–H groups in total. The van der Waals surface area contributed by atoms with Crippen molar-refractivity contribution in [3.8, 4) is 0 Å². The second-order valence-corrected chi connectivity index (χ2v) is 13.6. The molecule has 2 aliphatic rings. The van der Waals surface area contributed by atoms with Crippen LogP contribution in [0.5, 0.6) is 0 Å². The zero-order valence-electron chi connectivity index (χ0n) is 15.2. The smallest absolute Gasteiger partial charge is 0.154 e. The highest BCUT2D eigenvalue weighted by Crippen LogP contribution is 2.42. The van der Waals surface area contributed by atoms with E-state index in [-0.39, 0.29) is 0 Å². The van der Waals surface area contributed by atoms with Crippen molar-refractivity contribution < 1.29 is 0 Å². The fourth-order valence-electron chi connectivity index (χ4n) is 4.84. The average molecular weight is 328 g/mol. The Hall–Kier alpha value is -1.55. The van der Waals surface area contributed by atoms with E-state index in [0.29, 0.717) is 16.6 Å². The SMILES string of the molecule is CC(C)[Si](c1cc2c([nH]1)N=C1CC=CC=C1N2)(C(C)C)C(C)C. The third-order valence-electron chi connectivity index (χ3n) is 5.67. The van der Waals surface area contributed by atoms with Crippen LogP contribution in [-0.4, -0.2) is 18.8 Å². The van der Waals surface area contributed by atoms with Crippen LogP contribution in [0.4, 0.5) is 11.5 Å². The maximum Gasteiger partial charge on any atom is 0.154 e. The monoisotopic (exact) mass is 327 g/mol. The maximum absolute atomic E-state index is 4.88. The van der Waals surface area contributed by atoms with E-state index >= 15 is 0 Å². The summed E-state index contributed by atoms with van der Waals surface area (Å²) in [5, 5.41) is 5.03. The predicted molar refractivity (Wildman–Crippen MR) is 104 cm³/mol. The number of aromatic nitrogens is 1. The largest absolute Gasteiger partial charge is 0.351 e. The molecule has 0 amide bonds. The third-order valence-corrected chi connectivity index (χ3v) is 12.6. The van der Waals surface area contributed by atoms with Crippen molar-refractivity contribution >= 4 is 30.6 Å². The molecule has 23 heavy (non-hydrogen) atoms. The summed E-state index contributed by atoms with van der Waals surface area (Å²) in [6, 6.07) is 2.35. The minimum absolute atomic E-state index is 0.693. The van der Waals surface area contributed by atoms with Gasteiger partial charge in [-0.3, -0.25) is 0 Å². The summed E-state index contributed by atoms with van der Waals surface area (Å²) < 4.78 is 0. The number of fused-ring (bicyclic) bond motifs is 2. The molecule has 0 atom stereocenters. The van der Waals surface area contributed by atoms with E-state index in [9.17, 15) is 0 Å². The summed E-state index contributed by atoms with van der Waals surface area (Å²) in [5.74, 6) is 1.02. The highest BCUT2D eigenvalue weighted by Gasteiger charge is 2.46. The molecular formula is C19H29N3Si. The summed E-state index contributed by atoms with van der Waals surface area (Å²) in [6.45, 7) is 14.4. The standard InChI is InChI=1S/C19H29N3Si/c1-12(2)23(13(3)4,14(5)6)18-11-17-19(22-18)21-16-10-8-7-9-15(16)20-17/h7-9,11-14,20,22H,10H2,1-6H3. The molecule has 3 rings (SSSR count). The lowest BCUT2D eigenvalue weighted by Crippen LogP contribution is -2.56. The number of anilines is 1. The molecule has 0 saturated heterocycles. The van der Waals surface area contributed by atoms with E-state index in [0.717, 1.165) is 29.3 Å². The van der Waals surface area contributed by atoms with Gasteiger partial charge < -0.3 is 10.3 Å². The maximum atomic E-state index is 4.88. The van der Waals surface area contributed by atoms with Crippen molar-refractivity contribution in [3.63, 3.8) is 0 Å². The molecule has 1 aromatic rings. The van der Waals surface area contributed by atoms with E-state index in [2.05, 4.69) is 76.1 Å². The van der Waals surface area contributed by atoms with E-state index in [1.54, 1.807) is 0 Å². The Morgan fingerprint density at radius 3 is 2.30 bits per heavy atom. The van der Waals surface area contributed by atoms with Gasteiger partial charge in [-0.05, 0) is 28.8 Å². The quantitative estimate of drug-likeness (QED) is 0.729. The van der Waals surface area contributed by atoms with Crippen LogP contribution in [0, 0.1) is 0 Å². The number of rotatable bonds is 4. The van der Waals surface area contributed by atoms with Gasteiger partial charge in [0.1, 0.15) is 8.07 Å². The number of aromatic amines is 1. The number of nitrogens with one attached hydrogen (secondary N) is 2. The van der Waals surface area contributed by atoms with Crippen LogP contribution in [0.2, 0.25) is 16.6 Å². The normalized spacial score (nSPS) is 17.1. The summed E-state index contributed by atoms with van der Waals surface area (Å²) in [5.41, 5.74) is 5.51. The van der Waals surface area contributed by atoms with Crippen molar-refractivity contribution in [3.05, 3.63) is 30.0 Å². The Morgan fingerprint density at radius 2 is 1.70 bits per heavy atom. The van der Waals surface area contributed by atoms with Crippen molar-refractivity contribution in [2.24, 2.45) is 4.99 Å². The molecule has 0 bridgehead atoms. The van der Waals surface area contributed by atoms with Crippen LogP contribution < -0.4 is 10.6 Å². The van der Waals surface area contributed by atoms with Crippen LogP contribution in [0.1, 0.15) is 48.0 Å². The van der Waals surface area contributed by atoms with Crippen LogP contribution in [-0.2, 0) is 0 Å². The second-order valence-electron chi connectivity index (χ2n) is 7.74. The predicted octanol–water partition coefficient (Wildman–Crippen LogP) is 5.24. The van der Waals surface area contributed by atoms with Crippen LogP contribution in [0.25, 0.3) is 0 Å². The van der Waals surface area contributed by atoms with Gasteiger partial charge in [-0.2, -0.15) is 0 Å². The lowest BCUT2D eigenvalue weighted by atomic mass is 10.1. The molecule has 0 radical (unpaired) electrons. The Labute approximate surface area is 141 Å². The first-order valence-electron chi connectivity index (χ1n) is 8.82. The Morgan fingerprint density at radius 1 is 1.04 bits per heavy atom. The van der Waals surface area contributed by atoms with Crippen LogP contribution in [0.15, 0.2) is 35.0 Å². The molecule has 124 valence electrons. The number of hydrogen-bond donors (Lipinski definition) is 2. The lowest BCUT2D eigenvalue weighted by Gasteiger charge is -2.42. The number of nitrogens with zero attached hydrogens (tertiary/aromatic N) is 1. The first-order chi connectivity index (χ1) is 10.9. The van der Waals surface area contributed by atoms with Crippen molar-refractivity contribution in [1.82, 2.24) is 4.98 Å². The lowest BCUT2D eigenvalue weighted by molar-refractivity contribution is 0.832. The average Bonchev–Trinajstić information content (AvgIpc) is 2.86. The van der Waals surface area contributed by atoms with E-state index < -0.39 is 8.07 Å². The van der Waals surface area contributed by atoms with Gasteiger partial charge in [0.25, 0.3) is 0 Å². The Bertz CT molecular complexity index is 668. The first kappa shape index (κ1) is 16.3. The summed E-state index contributed by atoms with van der Waals surface area (Å²) in [7, 11) is -1.67. The Kier molecular flexibility index (Phi) is 4.13. The summed E-state index contributed by atoms with van der Waals surface area (Å²) in [4.78, 5) is 8.59. The van der Waals surface area contributed by atoms with Crippen molar-refractivity contribution in [2.45, 2.75) is 64.6 Å². The summed E-state index contributed by atoms with van der Waals surface area (Å²) >= 11 is 0. The van der Waals surface area contributed by atoms with Gasteiger partial charge in [-0.1, -0.05) is 53.7 Å². The van der Waals surface area contributed by atoms with E-state index in [1.165, 1.54) is 5.32 Å². The number of H-pyrrole nitrogens is 1. The highest BCUT2D eigenvalue weighted by atomic mass is 28.3. The van der Waals surface area contributed by atoms with Crippen LogP contribution in [0.3, 0.4) is 0 Å². The first-order valence-corrected chi connectivity index (χ1v) is 11.1. The second kappa shape index (κ2) is 5.82. The Balaban J connectivity index is 2.09. The molecule has 0 unspecified atom stereocenters. The van der Waals surface area contributed by atoms with Crippen molar-refractivity contribution in [1.29, 1.82) is 0 Å². The molecule has 2 heterocycles. The van der Waals surface area contributed by atoms with Crippen molar-refractivity contribution in [2.75, 3.05) is 5.32 Å². The minimum Gasteiger partial charge on any atom is -0.351 e. The fourth-order valence-corrected chi connectivity index (χ4v) is 11.4. The molecule has 0 saturated carbocycles. The molecule has 0 aromatic carbocycles.